The Morgan fingerprint density at radius 2 is 1.84 bits per heavy atom. The van der Waals surface area contributed by atoms with Gasteiger partial charge in [-0.2, -0.15) is 0 Å². The van der Waals surface area contributed by atoms with Crippen molar-refractivity contribution in [1.29, 1.82) is 0 Å². The molecule has 2 aromatic carbocycles. The van der Waals surface area contributed by atoms with Gasteiger partial charge in [0.25, 0.3) is 0 Å². The minimum atomic E-state index is -0.581. The second-order valence-electron chi connectivity index (χ2n) is 7.60. The molecule has 1 N–H and O–H groups in total. The van der Waals surface area contributed by atoms with Crippen LogP contribution in [0.4, 0.5) is 0 Å². The van der Waals surface area contributed by atoms with Crippen molar-refractivity contribution in [2.45, 2.75) is 52.1 Å². The predicted octanol–water partition coefficient (Wildman–Crippen LogP) is 4.84. The molecule has 7 heteroatoms. The Morgan fingerprint density at radius 3 is 2.53 bits per heavy atom. The largest absolute Gasteiger partial charge is 0.497 e. The van der Waals surface area contributed by atoms with Crippen LogP contribution in [0.3, 0.4) is 0 Å². The van der Waals surface area contributed by atoms with E-state index >= 15 is 0 Å². The molecule has 0 heterocycles. The zero-order valence-corrected chi connectivity index (χ0v) is 19.9. The van der Waals surface area contributed by atoms with E-state index in [1.807, 2.05) is 24.3 Å². The molecule has 2 amide bonds. The third-order valence-corrected chi connectivity index (χ3v) is 5.35. The summed E-state index contributed by atoms with van der Waals surface area (Å²) >= 11 is 5.88. The summed E-state index contributed by atoms with van der Waals surface area (Å²) < 4.78 is 11.0. The topological polar surface area (TPSA) is 67.9 Å². The summed E-state index contributed by atoms with van der Waals surface area (Å²) in [4.78, 5) is 27.4. The second kappa shape index (κ2) is 13.6. The Morgan fingerprint density at radius 1 is 1.09 bits per heavy atom. The zero-order valence-electron chi connectivity index (χ0n) is 19.1. The summed E-state index contributed by atoms with van der Waals surface area (Å²) in [5.74, 6) is 1.18. The summed E-state index contributed by atoms with van der Waals surface area (Å²) in [5, 5.41) is 3.57. The molecule has 2 aromatic rings. The molecule has 32 heavy (non-hydrogen) atoms. The molecule has 0 aliphatic heterocycles. The van der Waals surface area contributed by atoms with E-state index in [1.54, 1.807) is 43.2 Å². The summed E-state index contributed by atoms with van der Waals surface area (Å²) in [7, 11) is 1.60. The fourth-order valence-corrected chi connectivity index (χ4v) is 3.30. The first-order valence-corrected chi connectivity index (χ1v) is 11.4. The SMILES string of the molecule is CCCCNC(=O)C(C)N(Cc1cccc(OC)c1)C(=O)CCCOc1ccc(Cl)cc1. The lowest BCUT2D eigenvalue weighted by Crippen LogP contribution is -2.47. The first-order chi connectivity index (χ1) is 15.4. The van der Waals surface area contributed by atoms with E-state index in [4.69, 9.17) is 21.1 Å². The van der Waals surface area contributed by atoms with Crippen molar-refractivity contribution in [2.24, 2.45) is 0 Å². The van der Waals surface area contributed by atoms with E-state index in [0.717, 1.165) is 18.4 Å². The molecule has 2 rings (SSSR count). The Kier molecular flexibility index (Phi) is 10.9. The van der Waals surface area contributed by atoms with Gasteiger partial charge in [0.05, 0.1) is 13.7 Å². The number of methoxy groups -OCH3 is 1. The maximum atomic E-state index is 13.1. The number of ether oxygens (including phenoxy) is 2. The summed E-state index contributed by atoms with van der Waals surface area (Å²) in [6.07, 6.45) is 2.73. The van der Waals surface area contributed by atoms with Gasteiger partial charge in [-0.15, -0.1) is 0 Å². The van der Waals surface area contributed by atoms with Gasteiger partial charge in [-0.1, -0.05) is 37.1 Å². The van der Waals surface area contributed by atoms with Crippen molar-refractivity contribution < 1.29 is 19.1 Å². The van der Waals surface area contributed by atoms with Crippen molar-refractivity contribution in [3.05, 3.63) is 59.1 Å². The van der Waals surface area contributed by atoms with Crippen LogP contribution in [0.1, 0.15) is 45.1 Å². The first kappa shape index (κ1) is 25.5. The Hall–Kier alpha value is -2.73. The molecule has 0 fully saturated rings. The highest BCUT2D eigenvalue weighted by molar-refractivity contribution is 6.30. The number of unbranched alkanes of at least 4 members (excludes halogenated alkanes) is 1. The van der Waals surface area contributed by atoms with Gasteiger partial charge < -0.3 is 19.7 Å². The fraction of sp³-hybridized carbons (Fsp3) is 0.440. The van der Waals surface area contributed by atoms with E-state index in [2.05, 4.69) is 12.2 Å². The number of rotatable bonds is 13. The highest BCUT2D eigenvalue weighted by Gasteiger charge is 2.25. The maximum Gasteiger partial charge on any atom is 0.242 e. The minimum Gasteiger partial charge on any atom is -0.497 e. The molecular weight excluding hydrogens is 428 g/mol. The standard InChI is InChI=1S/C25H33ClN2O4/c1-4-5-15-27-25(30)19(2)28(18-20-8-6-9-23(17-20)31-3)24(29)10-7-16-32-22-13-11-21(26)12-14-22/h6,8-9,11-14,17,19H,4-5,7,10,15-16,18H2,1-3H3,(H,27,30). The number of hydrogen-bond donors (Lipinski definition) is 1. The smallest absolute Gasteiger partial charge is 0.242 e. The third-order valence-electron chi connectivity index (χ3n) is 5.10. The van der Waals surface area contributed by atoms with Gasteiger partial charge in [0, 0.05) is 24.5 Å². The molecule has 1 unspecified atom stereocenters. The van der Waals surface area contributed by atoms with E-state index in [0.29, 0.717) is 42.6 Å². The number of carbonyl (C=O) groups is 2. The highest BCUT2D eigenvalue weighted by atomic mass is 35.5. The van der Waals surface area contributed by atoms with Crippen LogP contribution in [0, 0.1) is 0 Å². The van der Waals surface area contributed by atoms with Crippen LogP contribution in [-0.4, -0.2) is 43.0 Å². The third kappa shape index (κ3) is 8.42. The summed E-state index contributed by atoms with van der Waals surface area (Å²) in [6, 6.07) is 14.1. The van der Waals surface area contributed by atoms with Gasteiger partial charge in [0.2, 0.25) is 11.8 Å². The number of benzene rings is 2. The molecule has 0 bridgehead atoms. The van der Waals surface area contributed by atoms with Crippen molar-refractivity contribution in [2.75, 3.05) is 20.3 Å². The molecule has 0 spiro atoms. The molecule has 0 saturated carbocycles. The van der Waals surface area contributed by atoms with Crippen molar-refractivity contribution in [3.8, 4) is 11.5 Å². The fourth-order valence-electron chi connectivity index (χ4n) is 3.17. The lowest BCUT2D eigenvalue weighted by atomic mass is 10.1. The number of amides is 2. The van der Waals surface area contributed by atoms with Crippen LogP contribution in [0.15, 0.2) is 48.5 Å². The van der Waals surface area contributed by atoms with E-state index in [1.165, 1.54) is 0 Å². The van der Waals surface area contributed by atoms with Gasteiger partial charge in [-0.05, 0) is 61.7 Å². The lowest BCUT2D eigenvalue weighted by Gasteiger charge is -2.29. The number of nitrogens with one attached hydrogen (secondary N) is 1. The zero-order chi connectivity index (χ0) is 23.3. The van der Waals surface area contributed by atoms with Crippen molar-refractivity contribution >= 4 is 23.4 Å². The summed E-state index contributed by atoms with van der Waals surface area (Å²) in [6.45, 7) is 5.17. The molecule has 0 aliphatic rings. The van der Waals surface area contributed by atoms with Crippen LogP contribution < -0.4 is 14.8 Å². The van der Waals surface area contributed by atoms with E-state index in [9.17, 15) is 9.59 Å². The van der Waals surface area contributed by atoms with Gasteiger partial charge in [-0.3, -0.25) is 9.59 Å². The quantitative estimate of drug-likeness (QED) is 0.434. The normalized spacial score (nSPS) is 11.5. The predicted molar refractivity (Wildman–Crippen MR) is 127 cm³/mol. The van der Waals surface area contributed by atoms with Crippen LogP contribution in [-0.2, 0) is 16.1 Å². The highest BCUT2D eigenvalue weighted by Crippen LogP contribution is 2.18. The van der Waals surface area contributed by atoms with Crippen molar-refractivity contribution in [3.63, 3.8) is 0 Å². The van der Waals surface area contributed by atoms with Crippen LogP contribution in [0.2, 0.25) is 5.02 Å². The Labute approximate surface area is 195 Å². The average molecular weight is 461 g/mol. The number of halogens is 1. The average Bonchev–Trinajstić information content (AvgIpc) is 2.81. The van der Waals surface area contributed by atoms with Crippen LogP contribution >= 0.6 is 11.6 Å². The molecule has 0 saturated heterocycles. The number of carbonyl (C=O) groups excluding carboxylic acids is 2. The molecule has 0 aliphatic carbocycles. The van der Waals surface area contributed by atoms with Crippen LogP contribution in [0.25, 0.3) is 0 Å². The van der Waals surface area contributed by atoms with E-state index in [-0.39, 0.29) is 18.2 Å². The first-order valence-electron chi connectivity index (χ1n) is 11.0. The molecule has 1 atom stereocenters. The van der Waals surface area contributed by atoms with Crippen molar-refractivity contribution in [1.82, 2.24) is 10.2 Å². The van der Waals surface area contributed by atoms with Gasteiger partial charge in [0.1, 0.15) is 17.5 Å². The van der Waals surface area contributed by atoms with Crippen LogP contribution in [0.5, 0.6) is 11.5 Å². The Bertz CT molecular complexity index is 857. The van der Waals surface area contributed by atoms with Gasteiger partial charge >= 0.3 is 0 Å². The minimum absolute atomic E-state index is 0.0920. The monoisotopic (exact) mass is 460 g/mol. The molecule has 6 nitrogen and oxygen atoms in total. The van der Waals surface area contributed by atoms with Gasteiger partial charge in [-0.25, -0.2) is 0 Å². The Balaban J connectivity index is 2.00. The lowest BCUT2D eigenvalue weighted by molar-refractivity contribution is -0.140. The molecule has 174 valence electrons. The molecule has 0 aromatic heterocycles. The number of hydrogen-bond acceptors (Lipinski definition) is 4. The molecular formula is C25H33ClN2O4. The van der Waals surface area contributed by atoms with E-state index < -0.39 is 6.04 Å². The molecule has 0 radical (unpaired) electrons. The maximum absolute atomic E-state index is 13.1. The summed E-state index contributed by atoms with van der Waals surface area (Å²) in [5.41, 5.74) is 0.906. The van der Waals surface area contributed by atoms with Gasteiger partial charge in [0.15, 0.2) is 0 Å². The number of nitrogens with zero attached hydrogens (tertiary/aromatic N) is 1. The second-order valence-corrected chi connectivity index (χ2v) is 8.04.